The third kappa shape index (κ3) is 2.64. The van der Waals surface area contributed by atoms with Gasteiger partial charge in [-0.2, -0.15) is 0 Å². The van der Waals surface area contributed by atoms with Gasteiger partial charge in [0.25, 0.3) is 0 Å². The molecule has 1 aliphatic heterocycles. The van der Waals surface area contributed by atoms with E-state index < -0.39 is 0 Å². The fraction of sp³-hybridized carbons (Fsp3) is 0.500. The number of carbonyl (C=O) groups excluding carboxylic acids is 1. The molecule has 0 bridgehead atoms. The molecule has 2 amide bonds. The standard InChI is InChI=1S/C14H21N3O/c1-10-4-5-11(2)13(8-10)17-9-12(6-7-15-3)16-14(17)18/h4-5,8,12,15H,6-7,9H2,1-3H3,(H,16,18). The molecule has 0 aliphatic carbocycles. The van der Waals surface area contributed by atoms with Crippen LogP contribution in [0.25, 0.3) is 0 Å². The number of hydrogen-bond donors (Lipinski definition) is 2. The first-order valence-corrected chi connectivity index (χ1v) is 6.41. The zero-order chi connectivity index (χ0) is 13.1. The van der Waals surface area contributed by atoms with E-state index in [1.54, 1.807) is 0 Å². The molecule has 4 nitrogen and oxygen atoms in total. The van der Waals surface area contributed by atoms with Crippen LogP contribution in [-0.2, 0) is 0 Å². The Morgan fingerprint density at radius 1 is 1.44 bits per heavy atom. The second kappa shape index (κ2) is 5.40. The molecule has 4 heteroatoms. The second-order valence-corrected chi connectivity index (χ2v) is 4.94. The Bertz CT molecular complexity index is 445. The summed E-state index contributed by atoms with van der Waals surface area (Å²) in [6.45, 7) is 5.77. The van der Waals surface area contributed by atoms with Gasteiger partial charge in [0.2, 0.25) is 0 Å². The van der Waals surface area contributed by atoms with Crippen LogP contribution < -0.4 is 15.5 Å². The van der Waals surface area contributed by atoms with Crippen LogP contribution in [0.1, 0.15) is 17.5 Å². The van der Waals surface area contributed by atoms with E-state index in [9.17, 15) is 4.79 Å². The van der Waals surface area contributed by atoms with Crippen molar-refractivity contribution in [2.24, 2.45) is 0 Å². The first-order chi connectivity index (χ1) is 8.61. The van der Waals surface area contributed by atoms with Crippen LogP contribution in [0.15, 0.2) is 18.2 Å². The van der Waals surface area contributed by atoms with E-state index in [4.69, 9.17) is 0 Å². The highest BCUT2D eigenvalue weighted by Gasteiger charge is 2.29. The lowest BCUT2D eigenvalue weighted by atomic mass is 10.1. The number of urea groups is 1. The number of amides is 2. The zero-order valence-corrected chi connectivity index (χ0v) is 11.3. The van der Waals surface area contributed by atoms with Crippen molar-refractivity contribution in [2.75, 3.05) is 25.0 Å². The van der Waals surface area contributed by atoms with E-state index in [0.717, 1.165) is 30.8 Å². The number of anilines is 1. The monoisotopic (exact) mass is 247 g/mol. The predicted octanol–water partition coefficient (Wildman–Crippen LogP) is 1.81. The molecular formula is C14H21N3O. The average Bonchev–Trinajstić information content (AvgIpc) is 2.71. The van der Waals surface area contributed by atoms with Crippen LogP contribution in [0.5, 0.6) is 0 Å². The molecule has 0 saturated carbocycles. The summed E-state index contributed by atoms with van der Waals surface area (Å²) in [7, 11) is 1.93. The first kappa shape index (κ1) is 12.9. The molecule has 98 valence electrons. The molecule has 2 rings (SSSR count). The van der Waals surface area contributed by atoms with Gasteiger partial charge in [0.05, 0.1) is 0 Å². The Labute approximate surface area is 108 Å². The maximum Gasteiger partial charge on any atom is 0.322 e. The Hall–Kier alpha value is -1.55. The van der Waals surface area contributed by atoms with Gasteiger partial charge in [-0.15, -0.1) is 0 Å². The van der Waals surface area contributed by atoms with E-state index in [0.29, 0.717) is 0 Å². The van der Waals surface area contributed by atoms with Gasteiger partial charge in [0, 0.05) is 18.3 Å². The molecule has 1 aromatic carbocycles. The van der Waals surface area contributed by atoms with Crippen LogP contribution in [0.4, 0.5) is 10.5 Å². The number of carbonyl (C=O) groups is 1. The fourth-order valence-electron chi connectivity index (χ4n) is 2.30. The minimum absolute atomic E-state index is 0.0183. The highest BCUT2D eigenvalue weighted by Crippen LogP contribution is 2.24. The number of nitrogens with one attached hydrogen (secondary N) is 2. The molecule has 1 unspecified atom stereocenters. The van der Waals surface area contributed by atoms with Crippen molar-refractivity contribution >= 4 is 11.7 Å². The summed E-state index contributed by atoms with van der Waals surface area (Å²) >= 11 is 0. The van der Waals surface area contributed by atoms with Gasteiger partial charge in [-0.05, 0) is 51.1 Å². The number of rotatable bonds is 4. The minimum Gasteiger partial charge on any atom is -0.333 e. The molecule has 0 aromatic heterocycles. The average molecular weight is 247 g/mol. The maximum absolute atomic E-state index is 12.0. The Morgan fingerprint density at radius 2 is 2.22 bits per heavy atom. The van der Waals surface area contributed by atoms with E-state index in [-0.39, 0.29) is 12.1 Å². The Balaban J connectivity index is 2.14. The molecule has 1 atom stereocenters. The lowest BCUT2D eigenvalue weighted by molar-refractivity contribution is 0.250. The van der Waals surface area contributed by atoms with Gasteiger partial charge in [-0.3, -0.25) is 4.90 Å². The maximum atomic E-state index is 12.0. The number of hydrogen-bond acceptors (Lipinski definition) is 2. The zero-order valence-electron chi connectivity index (χ0n) is 11.3. The SMILES string of the molecule is CNCCC1CN(c2cc(C)ccc2C)C(=O)N1. The normalized spacial score (nSPS) is 19.2. The number of benzene rings is 1. The molecule has 1 aromatic rings. The van der Waals surface area contributed by atoms with Crippen LogP contribution in [0.3, 0.4) is 0 Å². The number of nitrogens with zero attached hydrogens (tertiary/aromatic N) is 1. The molecule has 18 heavy (non-hydrogen) atoms. The van der Waals surface area contributed by atoms with Gasteiger partial charge in [-0.25, -0.2) is 4.79 Å². The quantitative estimate of drug-likeness (QED) is 0.852. The van der Waals surface area contributed by atoms with Gasteiger partial charge in [0.1, 0.15) is 0 Å². The van der Waals surface area contributed by atoms with Gasteiger partial charge in [-0.1, -0.05) is 12.1 Å². The van der Waals surface area contributed by atoms with E-state index in [2.05, 4.69) is 35.8 Å². The van der Waals surface area contributed by atoms with Crippen molar-refractivity contribution in [1.82, 2.24) is 10.6 Å². The van der Waals surface area contributed by atoms with Crippen LogP contribution in [-0.4, -0.2) is 32.2 Å². The molecular weight excluding hydrogens is 226 g/mol. The lowest BCUT2D eigenvalue weighted by Gasteiger charge is -2.18. The molecule has 1 saturated heterocycles. The van der Waals surface area contributed by atoms with E-state index in [1.807, 2.05) is 18.9 Å². The number of aryl methyl sites for hydroxylation is 2. The highest BCUT2D eigenvalue weighted by atomic mass is 16.2. The third-order valence-corrected chi connectivity index (χ3v) is 3.37. The fourth-order valence-corrected chi connectivity index (χ4v) is 2.30. The van der Waals surface area contributed by atoms with Crippen molar-refractivity contribution in [3.05, 3.63) is 29.3 Å². The molecule has 0 spiro atoms. The third-order valence-electron chi connectivity index (χ3n) is 3.37. The summed E-state index contributed by atoms with van der Waals surface area (Å²) in [5, 5.41) is 6.15. The van der Waals surface area contributed by atoms with Gasteiger partial charge >= 0.3 is 6.03 Å². The van der Waals surface area contributed by atoms with Crippen molar-refractivity contribution in [2.45, 2.75) is 26.3 Å². The topological polar surface area (TPSA) is 44.4 Å². The second-order valence-electron chi connectivity index (χ2n) is 4.94. The molecule has 1 aliphatic rings. The Kier molecular flexibility index (Phi) is 3.87. The molecule has 1 fully saturated rings. The van der Waals surface area contributed by atoms with Gasteiger partial charge in [0.15, 0.2) is 0 Å². The van der Waals surface area contributed by atoms with Crippen molar-refractivity contribution < 1.29 is 4.79 Å². The molecule has 1 heterocycles. The summed E-state index contributed by atoms with van der Waals surface area (Å²) in [5.41, 5.74) is 3.35. The van der Waals surface area contributed by atoms with E-state index in [1.165, 1.54) is 5.56 Å². The molecule has 2 N–H and O–H groups in total. The summed E-state index contributed by atoms with van der Waals surface area (Å²) in [6, 6.07) is 6.48. The van der Waals surface area contributed by atoms with Crippen LogP contribution >= 0.6 is 0 Å². The predicted molar refractivity (Wildman–Crippen MR) is 74.1 cm³/mol. The van der Waals surface area contributed by atoms with Crippen LogP contribution in [0.2, 0.25) is 0 Å². The van der Waals surface area contributed by atoms with Crippen molar-refractivity contribution in [3.8, 4) is 0 Å². The van der Waals surface area contributed by atoms with Gasteiger partial charge < -0.3 is 10.6 Å². The van der Waals surface area contributed by atoms with Crippen molar-refractivity contribution in [1.29, 1.82) is 0 Å². The Morgan fingerprint density at radius 3 is 2.94 bits per heavy atom. The lowest BCUT2D eigenvalue weighted by Crippen LogP contribution is -2.30. The summed E-state index contributed by atoms with van der Waals surface area (Å²) in [5.74, 6) is 0. The minimum atomic E-state index is 0.0183. The largest absolute Gasteiger partial charge is 0.333 e. The summed E-state index contributed by atoms with van der Waals surface area (Å²) in [6.07, 6.45) is 0.962. The highest BCUT2D eigenvalue weighted by molar-refractivity contribution is 5.95. The van der Waals surface area contributed by atoms with Crippen LogP contribution in [0, 0.1) is 13.8 Å². The smallest absolute Gasteiger partial charge is 0.322 e. The summed E-state index contributed by atoms with van der Waals surface area (Å²) in [4.78, 5) is 13.9. The van der Waals surface area contributed by atoms with E-state index >= 15 is 0 Å². The first-order valence-electron chi connectivity index (χ1n) is 6.41. The van der Waals surface area contributed by atoms with Crippen molar-refractivity contribution in [3.63, 3.8) is 0 Å². The molecule has 0 radical (unpaired) electrons. The summed E-state index contributed by atoms with van der Waals surface area (Å²) < 4.78 is 0.